The number of hydrogen-bond donors (Lipinski definition) is 3. The number of ether oxygens (including phenoxy) is 2. The van der Waals surface area contributed by atoms with E-state index in [0.29, 0.717) is 18.1 Å². The van der Waals surface area contributed by atoms with Crippen LogP contribution in [0.15, 0.2) is 60.3 Å². The average Bonchev–Trinajstić information content (AvgIpc) is 2.73. The standard InChI is InChI=1S/C22H25N3O5/c1-4-29-18-10-12-19(13-11-18)30-15(2)21(27)24-25-22(28)20(23-16(3)26)14-17-8-6-5-7-9-17/h5-15H,4H2,1-3H3,(H,23,26)(H,24,27)(H,25,28)/b20-14-/t15-/m0/s1. The van der Waals surface area contributed by atoms with Gasteiger partial charge in [0.25, 0.3) is 11.8 Å². The second-order valence-electron chi connectivity index (χ2n) is 6.26. The van der Waals surface area contributed by atoms with E-state index in [0.717, 1.165) is 5.56 Å². The Balaban J connectivity index is 1.94. The quantitative estimate of drug-likeness (QED) is 0.456. The van der Waals surface area contributed by atoms with Crippen molar-refractivity contribution in [3.63, 3.8) is 0 Å². The number of nitrogens with one attached hydrogen (secondary N) is 3. The minimum Gasteiger partial charge on any atom is -0.494 e. The van der Waals surface area contributed by atoms with Gasteiger partial charge in [-0.1, -0.05) is 30.3 Å². The molecule has 8 nitrogen and oxygen atoms in total. The Morgan fingerprint density at radius 2 is 1.60 bits per heavy atom. The molecule has 3 N–H and O–H groups in total. The smallest absolute Gasteiger partial charge is 0.286 e. The first-order valence-corrected chi connectivity index (χ1v) is 9.43. The molecule has 0 spiro atoms. The van der Waals surface area contributed by atoms with Gasteiger partial charge in [0.2, 0.25) is 5.91 Å². The molecule has 0 aliphatic carbocycles. The van der Waals surface area contributed by atoms with Crippen LogP contribution < -0.4 is 25.6 Å². The van der Waals surface area contributed by atoms with Gasteiger partial charge < -0.3 is 14.8 Å². The van der Waals surface area contributed by atoms with Crippen molar-refractivity contribution >= 4 is 23.8 Å². The fourth-order valence-electron chi connectivity index (χ4n) is 2.39. The average molecular weight is 411 g/mol. The highest BCUT2D eigenvalue weighted by Crippen LogP contribution is 2.18. The molecule has 0 saturated heterocycles. The molecule has 2 aromatic carbocycles. The van der Waals surface area contributed by atoms with Crippen molar-refractivity contribution in [2.45, 2.75) is 26.9 Å². The monoisotopic (exact) mass is 411 g/mol. The summed E-state index contributed by atoms with van der Waals surface area (Å²) in [6.07, 6.45) is 0.633. The molecule has 0 saturated carbocycles. The highest BCUT2D eigenvalue weighted by molar-refractivity contribution is 6.01. The van der Waals surface area contributed by atoms with Crippen LogP contribution >= 0.6 is 0 Å². The number of benzene rings is 2. The van der Waals surface area contributed by atoms with E-state index < -0.39 is 23.8 Å². The normalized spacial score (nSPS) is 11.8. The summed E-state index contributed by atoms with van der Waals surface area (Å²) >= 11 is 0. The predicted octanol–water partition coefficient (Wildman–Crippen LogP) is 2.18. The minimum atomic E-state index is -0.870. The Hall–Kier alpha value is -3.81. The van der Waals surface area contributed by atoms with Crippen molar-refractivity contribution in [3.05, 3.63) is 65.9 Å². The molecule has 2 aromatic rings. The summed E-state index contributed by atoms with van der Waals surface area (Å²) in [6.45, 7) is 5.28. The lowest BCUT2D eigenvalue weighted by Gasteiger charge is -2.16. The predicted molar refractivity (Wildman–Crippen MR) is 112 cm³/mol. The van der Waals surface area contributed by atoms with Gasteiger partial charge in [-0.15, -0.1) is 0 Å². The van der Waals surface area contributed by atoms with E-state index in [9.17, 15) is 14.4 Å². The van der Waals surface area contributed by atoms with Gasteiger partial charge in [0.1, 0.15) is 17.2 Å². The van der Waals surface area contributed by atoms with Crippen LogP contribution in [0.3, 0.4) is 0 Å². The first-order valence-electron chi connectivity index (χ1n) is 9.43. The Morgan fingerprint density at radius 3 is 2.20 bits per heavy atom. The number of carbonyl (C=O) groups excluding carboxylic acids is 3. The molecule has 8 heteroatoms. The lowest BCUT2D eigenvalue weighted by Crippen LogP contribution is -2.49. The zero-order valence-corrected chi connectivity index (χ0v) is 17.1. The van der Waals surface area contributed by atoms with E-state index in [1.807, 2.05) is 13.0 Å². The van der Waals surface area contributed by atoms with Crippen molar-refractivity contribution in [3.8, 4) is 11.5 Å². The number of hydrogen-bond acceptors (Lipinski definition) is 5. The van der Waals surface area contributed by atoms with Crippen LogP contribution in [0.4, 0.5) is 0 Å². The number of carbonyl (C=O) groups is 3. The second-order valence-corrected chi connectivity index (χ2v) is 6.26. The van der Waals surface area contributed by atoms with Crippen molar-refractivity contribution in [1.29, 1.82) is 0 Å². The third-order valence-electron chi connectivity index (χ3n) is 3.78. The molecule has 0 aliphatic heterocycles. The maximum atomic E-state index is 12.4. The zero-order valence-electron chi connectivity index (χ0n) is 17.1. The topological polar surface area (TPSA) is 106 Å². The molecule has 3 amide bonds. The molecule has 0 radical (unpaired) electrons. The van der Waals surface area contributed by atoms with Gasteiger partial charge in [-0.05, 0) is 49.8 Å². The van der Waals surface area contributed by atoms with Crippen LogP contribution in [-0.4, -0.2) is 30.4 Å². The van der Waals surface area contributed by atoms with Crippen molar-refractivity contribution in [1.82, 2.24) is 16.2 Å². The molecule has 0 fully saturated rings. The number of rotatable bonds is 8. The first-order chi connectivity index (χ1) is 14.4. The second kappa shape index (κ2) is 11.3. The molecule has 0 aliphatic rings. The first kappa shape index (κ1) is 22.5. The molecule has 158 valence electrons. The van der Waals surface area contributed by atoms with Crippen molar-refractivity contribution in [2.75, 3.05) is 6.61 Å². The summed E-state index contributed by atoms with van der Waals surface area (Å²) in [5.74, 6) is -0.457. The van der Waals surface area contributed by atoms with E-state index in [-0.39, 0.29) is 5.70 Å². The van der Waals surface area contributed by atoms with Crippen molar-refractivity contribution in [2.24, 2.45) is 0 Å². The summed E-state index contributed by atoms with van der Waals surface area (Å²) < 4.78 is 10.9. The fourth-order valence-corrected chi connectivity index (χ4v) is 2.39. The van der Waals surface area contributed by atoms with E-state index in [1.165, 1.54) is 13.0 Å². The summed E-state index contributed by atoms with van der Waals surface area (Å²) in [5, 5.41) is 2.45. The molecule has 2 rings (SSSR count). The van der Waals surface area contributed by atoms with Gasteiger partial charge >= 0.3 is 0 Å². The van der Waals surface area contributed by atoms with E-state index in [1.54, 1.807) is 55.5 Å². The Morgan fingerprint density at radius 1 is 0.967 bits per heavy atom. The van der Waals surface area contributed by atoms with Crippen molar-refractivity contribution < 1.29 is 23.9 Å². The molecule has 1 atom stereocenters. The molecule has 0 aromatic heterocycles. The lowest BCUT2D eigenvalue weighted by atomic mass is 10.2. The summed E-state index contributed by atoms with van der Waals surface area (Å²) in [4.78, 5) is 36.1. The maximum absolute atomic E-state index is 12.4. The van der Waals surface area contributed by atoms with Gasteiger partial charge in [0, 0.05) is 6.92 Å². The third kappa shape index (κ3) is 7.31. The molecule has 0 bridgehead atoms. The number of amides is 3. The van der Waals surface area contributed by atoms with Gasteiger partial charge in [-0.2, -0.15) is 0 Å². The highest BCUT2D eigenvalue weighted by atomic mass is 16.5. The van der Waals surface area contributed by atoms with Crippen LogP contribution in [0, 0.1) is 0 Å². The fraction of sp³-hybridized carbons (Fsp3) is 0.227. The van der Waals surface area contributed by atoms with Crippen LogP contribution in [0.1, 0.15) is 26.3 Å². The highest BCUT2D eigenvalue weighted by Gasteiger charge is 2.17. The Kier molecular flexibility index (Phi) is 8.43. The Bertz CT molecular complexity index is 895. The van der Waals surface area contributed by atoms with Gasteiger partial charge in [-0.25, -0.2) is 0 Å². The lowest BCUT2D eigenvalue weighted by molar-refractivity contribution is -0.131. The molecule has 0 heterocycles. The van der Waals surface area contributed by atoms with Gasteiger partial charge in [0.05, 0.1) is 6.61 Å². The van der Waals surface area contributed by atoms with Crippen LogP contribution in [0.5, 0.6) is 11.5 Å². The zero-order chi connectivity index (χ0) is 21.9. The molecular weight excluding hydrogens is 386 g/mol. The summed E-state index contributed by atoms with van der Waals surface area (Å²) in [6, 6.07) is 15.8. The van der Waals surface area contributed by atoms with E-state index >= 15 is 0 Å². The number of hydrazine groups is 1. The minimum absolute atomic E-state index is 0.00548. The van der Waals surface area contributed by atoms with Crippen LogP contribution in [0.25, 0.3) is 6.08 Å². The largest absolute Gasteiger partial charge is 0.494 e. The van der Waals surface area contributed by atoms with Gasteiger partial charge in [-0.3, -0.25) is 25.2 Å². The van der Waals surface area contributed by atoms with Crippen LogP contribution in [-0.2, 0) is 14.4 Å². The van der Waals surface area contributed by atoms with E-state index in [2.05, 4.69) is 16.2 Å². The molecule has 0 unspecified atom stereocenters. The summed E-state index contributed by atoms with van der Waals surface area (Å²) in [5.41, 5.74) is 5.28. The molecular formula is C22H25N3O5. The maximum Gasteiger partial charge on any atom is 0.286 e. The third-order valence-corrected chi connectivity index (χ3v) is 3.78. The Labute approximate surface area is 175 Å². The molecule has 30 heavy (non-hydrogen) atoms. The van der Waals surface area contributed by atoms with E-state index in [4.69, 9.17) is 9.47 Å². The summed E-state index contributed by atoms with van der Waals surface area (Å²) in [7, 11) is 0. The van der Waals surface area contributed by atoms with Crippen LogP contribution in [0.2, 0.25) is 0 Å². The SMILES string of the molecule is CCOc1ccc(O[C@@H](C)C(=O)NNC(=O)/C(=C/c2ccccc2)NC(C)=O)cc1. The van der Waals surface area contributed by atoms with Gasteiger partial charge in [0.15, 0.2) is 6.10 Å².